The minimum atomic E-state index is -3.47. The summed E-state index contributed by atoms with van der Waals surface area (Å²) < 4.78 is 26.9. The van der Waals surface area contributed by atoms with E-state index in [0.29, 0.717) is 15.9 Å². The highest BCUT2D eigenvalue weighted by atomic mass is 79.9. The Morgan fingerprint density at radius 3 is 2.82 bits per heavy atom. The quantitative estimate of drug-likeness (QED) is 0.631. The number of sulfone groups is 1. The summed E-state index contributed by atoms with van der Waals surface area (Å²) in [5.74, 6) is -0.0392. The first-order chi connectivity index (χ1) is 10.4. The van der Waals surface area contributed by atoms with Crippen LogP contribution in [0.2, 0.25) is 5.02 Å². The summed E-state index contributed by atoms with van der Waals surface area (Å²) in [6.45, 7) is 1.57. The van der Waals surface area contributed by atoms with Crippen LogP contribution in [0.25, 0.3) is 17.0 Å². The van der Waals surface area contributed by atoms with Gasteiger partial charge in [0.1, 0.15) is 28.0 Å². The molecule has 0 fully saturated rings. The number of imidazole rings is 1. The van der Waals surface area contributed by atoms with Gasteiger partial charge in [0.25, 0.3) is 0 Å². The number of fused-ring (bicyclic) bond motifs is 1. The van der Waals surface area contributed by atoms with Crippen LogP contribution >= 0.6 is 27.5 Å². The van der Waals surface area contributed by atoms with Crippen molar-refractivity contribution in [3.05, 3.63) is 40.5 Å². The lowest BCUT2D eigenvalue weighted by Gasteiger charge is -2.06. The summed E-state index contributed by atoms with van der Waals surface area (Å²) in [6.07, 6.45) is 4.67. The van der Waals surface area contributed by atoms with Crippen molar-refractivity contribution in [1.29, 1.82) is 0 Å². The van der Waals surface area contributed by atoms with Crippen molar-refractivity contribution in [2.75, 3.05) is 5.75 Å². The van der Waals surface area contributed by atoms with Gasteiger partial charge in [-0.1, -0.05) is 18.5 Å². The third-order valence-corrected chi connectivity index (χ3v) is 5.47. The average Bonchev–Trinajstić information content (AvgIpc) is 2.89. The number of aromatic nitrogens is 4. The van der Waals surface area contributed by atoms with Crippen LogP contribution in [0.1, 0.15) is 6.92 Å². The Balaban J connectivity index is 2.26. The molecule has 0 spiro atoms. The lowest BCUT2D eigenvalue weighted by molar-refractivity contribution is 0.597. The summed E-state index contributed by atoms with van der Waals surface area (Å²) in [7, 11) is -3.47. The summed E-state index contributed by atoms with van der Waals surface area (Å²) in [6, 6.07) is 3.13. The summed E-state index contributed by atoms with van der Waals surface area (Å²) in [4.78, 5) is 12.7. The van der Waals surface area contributed by atoms with E-state index in [2.05, 4.69) is 30.9 Å². The largest absolute Gasteiger partial charge is 0.290 e. The van der Waals surface area contributed by atoms with E-state index < -0.39 is 9.84 Å². The molecule has 0 saturated heterocycles. The predicted molar refractivity (Wildman–Crippen MR) is 86.7 cm³/mol. The molecule has 114 valence electrons. The molecule has 3 aromatic heterocycles. The maximum atomic E-state index is 12.3. The normalized spacial score (nSPS) is 12.0. The Morgan fingerprint density at radius 1 is 1.32 bits per heavy atom. The molecule has 3 rings (SSSR count). The van der Waals surface area contributed by atoms with E-state index in [-0.39, 0.29) is 21.4 Å². The van der Waals surface area contributed by atoms with Crippen LogP contribution in [0.4, 0.5) is 0 Å². The Morgan fingerprint density at radius 2 is 2.09 bits per heavy atom. The van der Waals surface area contributed by atoms with Gasteiger partial charge in [-0.3, -0.25) is 9.38 Å². The van der Waals surface area contributed by atoms with Crippen molar-refractivity contribution in [3.8, 4) is 11.4 Å². The van der Waals surface area contributed by atoms with Gasteiger partial charge in [0.05, 0.1) is 15.7 Å². The maximum Gasteiger partial charge on any atom is 0.180 e. The topological polar surface area (TPSA) is 77.2 Å². The van der Waals surface area contributed by atoms with Gasteiger partial charge in [-0.25, -0.2) is 18.4 Å². The number of hydrogen-bond donors (Lipinski definition) is 0. The Labute approximate surface area is 140 Å². The second kappa shape index (κ2) is 5.60. The number of halogens is 2. The highest BCUT2D eigenvalue weighted by Gasteiger charge is 2.21. The molecule has 0 aliphatic heterocycles. The molecule has 0 aliphatic rings. The molecular formula is C13H10BrClN4O2S. The molecule has 0 radical (unpaired) electrons. The zero-order valence-corrected chi connectivity index (χ0v) is 14.5. The van der Waals surface area contributed by atoms with Crippen molar-refractivity contribution in [2.45, 2.75) is 11.8 Å². The van der Waals surface area contributed by atoms with Crippen LogP contribution in [0.15, 0.2) is 40.4 Å². The van der Waals surface area contributed by atoms with Crippen LogP contribution < -0.4 is 0 Å². The smallest absolute Gasteiger partial charge is 0.180 e. The summed E-state index contributed by atoms with van der Waals surface area (Å²) >= 11 is 9.17. The van der Waals surface area contributed by atoms with E-state index in [1.807, 2.05) is 0 Å². The monoisotopic (exact) mass is 400 g/mol. The minimum absolute atomic E-state index is 0.0392. The van der Waals surface area contributed by atoms with Gasteiger partial charge in [-0.2, -0.15) is 0 Å². The highest BCUT2D eigenvalue weighted by molar-refractivity contribution is 9.10. The molecule has 0 bridgehead atoms. The fourth-order valence-electron chi connectivity index (χ4n) is 1.99. The lowest BCUT2D eigenvalue weighted by atomic mass is 10.3. The van der Waals surface area contributed by atoms with E-state index in [9.17, 15) is 8.42 Å². The van der Waals surface area contributed by atoms with E-state index in [1.165, 1.54) is 12.3 Å². The third-order valence-electron chi connectivity index (χ3n) is 3.09. The van der Waals surface area contributed by atoms with Crippen molar-refractivity contribution >= 4 is 43.0 Å². The Hall–Kier alpha value is -1.51. The molecule has 3 aromatic rings. The highest BCUT2D eigenvalue weighted by Crippen LogP contribution is 2.28. The van der Waals surface area contributed by atoms with Gasteiger partial charge in [0.15, 0.2) is 9.84 Å². The zero-order chi connectivity index (χ0) is 15.9. The fourth-order valence-corrected chi connectivity index (χ4v) is 3.58. The number of pyridine rings is 1. The SMILES string of the molecule is CCS(=O)(=O)c1cc(Cl)cnc1-c1cn2cnc(Br)cc2n1. The van der Waals surface area contributed by atoms with Crippen molar-refractivity contribution < 1.29 is 8.42 Å². The molecule has 9 heteroatoms. The molecule has 0 aromatic carbocycles. The summed E-state index contributed by atoms with van der Waals surface area (Å²) in [5.41, 5.74) is 1.36. The molecule has 0 N–H and O–H groups in total. The molecular weight excluding hydrogens is 392 g/mol. The Kier molecular flexibility index (Phi) is 3.92. The molecule has 0 atom stereocenters. The first kappa shape index (κ1) is 15.4. The third kappa shape index (κ3) is 2.73. The molecule has 3 heterocycles. The standard InChI is InChI=1S/C13H10BrClN4O2S/c1-2-22(20,21)10-3-8(15)5-16-13(10)9-6-19-7-17-11(14)4-12(19)18-9/h3-7H,2H2,1H3. The average molecular weight is 402 g/mol. The lowest BCUT2D eigenvalue weighted by Crippen LogP contribution is -2.07. The van der Waals surface area contributed by atoms with E-state index in [0.717, 1.165) is 0 Å². The molecule has 0 amide bonds. The number of rotatable bonds is 3. The van der Waals surface area contributed by atoms with Crippen molar-refractivity contribution in [3.63, 3.8) is 0 Å². The van der Waals surface area contributed by atoms with Crippen LogP contribution in [0.3, 0.4) is 0 Å². The van der Waals surface area contributed by atoms with Gasteiger partial charge < -0.3 is 0 Å². The van der Waals surface area contributed by atoms with Gasteiger partial charge >= 0.3 is 0 Å². The molecule has 6 nitrogen and oxygen atoms in total. The molecule has 22 heavy (non-hydrogen) atoms. The van der Waals surface area contributed by atoms with Gasteiger partial charge in [0, 0.05) is 18.5 Å². The van der Waals surface area contributed by atoms with E-state index in [1.54, 1.807) is 29.9 Å². The maximum absolute atomic E-state index is 12.3. The van der Waals surface area contributed by atoms with Gasteiger partial charge in [0.2, 0.25) is 0 Å². The molecule has 0 aliphatic carbocycles. The van der Waals surface area contributed by atoms with Gasteiger partial charge in [-0.05, 0) is 22.0 Å². The summed E-state index contributed by atoms with van der Waals surface area (Å²) in [5, 5.41) is 0.268. The minimum Gasteiger partial charge on any atom is -0.290 e. The molecule has 0 saturated carbocycles. The first-order valence-electron chi connectivity index (χ1n) is 6.29. The van der Waals surface area contributed by atoms with Crippen LogP contribution in [-0.4, -0.2) is 33.5 Å². The Bertz CT molecular complexity index is 971. The van der Waals surface area contributed by atoms with Gasteiger partial charge in [-0.15, -0.1) is 0 Å². The van der Waals surface area contributed by atoms with Crippen LogP contribution in [-0.2, 0) is 9.84 Å². The molecule has 0 unspecified atom stereocenters. The fraction of sp³-hybridized carbons (Fsp3) is 0.154. The number of nitrogens with zero attached hydrogens (tertiary/aromatic N) is 4. The van der Waals surface area contributed by atoms with Crippen LogP contribution in [0, 0.1) is 0 Å². The second-order valence-electron chi connectivity index (χ2n) is 4.51. The van der Waals surface area contributed by atoms with E-state index in [4.69, 9.17) is 11.6 Å². The van der Waals surface area contributed by atoms with Crippen LogP contribution in [0.5, 0.6) is 0 Å². The predicted octanol–water partition coefficient (Wildman–Crippen LogP) is 3.00. The zero-order valence-electron chi connectivity index (χ0n) is 11.4. The van der Waals surface area contributed by atoms with Crippen molar-refractivity contribution in [2.24, 2.45) is 0 Å². The van der Waals surface area contributed by atoms with E-state index >= 15 is 0 Å². The van der Waals surface area contributed by atoms with Crippen molar-refractivity contribution in [1.82, 2.24) is 19.4 Å². The second-order valence-corrected chi connectivity index (χ2v) is 8.00. The first-order valence-corrected chi connectivity index (χ1v) is 9.12. The number of hydrogen-bond acceptors (Lipinski definition) is 5.